The number of thiophene rings is 2. The molecule has 1 atom stereocenters. The summed E-state index contributed by atoms with van der Waals surface area (Å²) in [7, 11) is 0. The van der Waals surface area contributed by atoms with Crippen molar-refractivity contribution in [3.8, 4) is 0 Å². The summed E-state index contributed by atoms with van der Waals surface area (Å²) in [5.74, 6) is 0. The minimum Gasteiger partial charge on any atom is -0.394 e. The Morgan fingerprint density at radius 3 is 2.81 bits per heavy atom. The molecule has 0 aromatic carbocycles. The molecule has 0 fully saturated rings. The molecule has 1 unspecified atom stereocenters. The summed E-state index contributed by atoms with van der Waals surface area (Å²) in [4.78, 5) is 1.23. The van der Waals surface area contributed by atoms with Gasteiger partial charge in [-0.1, -0.05) is 0 Å². The molecule has 2 nitrogen and oxygen atoms in total. The molecule has 0 radical (unpaired) electrons. The maximum Gasteiger partial charge on any atom is 0.0655 e. The minimum absolute atomic E-state index is 0.0555. The number of rotatable bonds is 5. The van der Waals surface area contributed by atoms with Gasteiger partial charge in [0, 0.05) is 11.4 Å². The lowest BCUT2D eigenvalue weighted by Crippen LogP contribution is -2.23. The van der Waals surface area contributed by atoms with Crippen molar-refractivity contribution in [2.75, 3.05) is 6.61 Å². The third-order valence-electron chi connectivity index (χ3n) is 2.53. The Labute approximate surface area is 104 Å². The predicted molar refractivity (Wildman–Crippen MR) is 70.0 cm³/mol. The van der Waals surface area contributed by atoms with E-state index in [2.05, 4.69) is 40.5 Å². The van der Waals surface area contributed by atoms with Gasteiger partial charge in [0.25, 0.3) is 0 Å². The summed E-state index contributed by atoms with van der Waals surface area (Å²) in [5, 5.41) is 19.0. The van der Waals surface area contributed by atoms with Crippen molar-refractivity contribution in [1.82, 2.24) is 5.32 Å². The fourth-order valence-corrected chi connectivity index (χ4v) is 3.28. The summed E-state index contributed by atoms with van der Waals surface area (Å²) >= 11 is 3.40. The molecule has 2 aromatic heterocycles. The smallest absolute Gasteiger partial charge is 0.0655 e. The highest BCUT2D eigenvalue weighted by Gasteiger charge is 2.13. The van der Waals surface area contributed by atoms with E-state index in [1.54, 1.807) is 22.7 Å². The lowest BCUT2D eigenvalue weighted by molar-refractivity contribution is 0.245. The van der Waals surface area contributed by atoms with Crippen molar-refractivity contribution in [1.29, 1.82) is 0 Å². The molecule has 2 aromatic rings. The Bertz CT molecular complexity index is 422. The Balaban J connectivity index is 1.99. The third-order valence-corrected chi connectivity index (χ3v) is 4.40. The molecule has 0 amide bonds. The highest BCUT2D eigenvalue weighted by molar-refractivity contribution is 7.10. The third kappa shape index (κ3) is 2.71. The lowest BCUT2D eigenvalue weighted by atomic mass is 10.1. The number of hydrogen-bond donors (Lipinski definition) is 2. The maximum absolute atomic E-state index is 9.40. The number of aryl methyl sites for hydroxylation is 1. The molecular formula is C12H15NOS2. The molecule has 0 spiro atoms. The van der Waals surface area contributed by atoms with Gasteiger partial charge in [-0.25, -0.2) is 0 Å². The van der Waals surface area contributed by atoms with E-state index in [4.69, 9.17) is 0 Å². The first-order chi connectivity index (χ1) is 7.81. The van der Waals surface area contributed by atoms with Crippen LogP contribution in [-0.4, -0.2) is 11.7 Å². The monoisotopic (exact) mass is 253 g/mol. The van der Waals surface area contributed by atoms with Crippen molar-refractivity contribution in [3.05, 3.63) is 44.3 Å². The van der Waals surface area contributed by atoms with Gasteiger partial charge in [-0.3, -0.25) is 0 Å². The Morgan fingerprint density at radius 1 is 1.38 bits per heavy atom. The molecule has 0 bridgehead atoms. The van der Waals surface area contributed by atoms with E-state index in [-0.39, 0.29) is 12.6 Å². The summed E-state index contributed by atoms with van der Waals surface area (Å²) in [6.45, 7) is 3.04. The summed E-state index contributed by atoms with van der Waals surface area (Å²) in [6.07, 6.45) is 0. The van der Waals surface area contributed by atoms with Crippen molar-refractivity contribution in [2.45, 2.75) is 19.5 Å². The summed E-state index contributed by atoms with van der Waals surface area (Å²) in [6, 6.07) is 4.25. The molecule has 0 aliphatic carbocycles. The van der Waals surface area contributed by atoms with Gasteiger partial charge < -0.3 is 10.4 Å². The molecule has 0 saturated carbocycles. The number of hydrogen-bond acceptors (Lipinski definition) is 4. The van der Waals surface area contributed by atoms with Gasteiger partial charge >= 0.3 is 0 Å². The van der Waals surface area contributed by atoms with Crippen LogP contribution in [0.1, 0.15) is 22.0 Å². The quantitative estimate of drug-likeness (QED) is 0.858. The molecule has 86 valence electrons. The van der Waals surface area contributed by atoms with Crippen LogP contribution in [0.4, 0.5) is 0 Å². The molecule has 2 N–H and O–H groups in total. The highest BCUT2D eigenvalue weighted by Crippen LogP contribution is 2.23. The SMILES string of the molecule is Cc1ccsc1C(CO)NCc1ccsc1. The van der Waals surface area contributed by atoms with E-state index in [0.29, 0.717) is 0 Å². The van der Waals surface area contributed by atoms with Crippen LogP contribution >= 0.6 is 22.7 Å². The van der Waals surface area contributed by atoms with Crippen LogP contribution in [0, 0.1) is 6.92 Å². The van der Waals surface area contributed by atoms with Crippen LogP contribution in [0.25, 0.3) is 0 Å². The van der Waals surface area contributed by atoms with Crippen LogP contribution in [-0.2, 0) is 6.54 Å². The normalized spacial score (nSPS) is 12.9. The zero-order valence-electron chi connectivity index (χ0n) is 9.14. The molecular weight excluding hydrogens is 238 g/mol. The van der Waals surface area contributed by atoms with Crippen LogP contribution in [0.5, 0.6) is 0 Å². The first-order valence-electron chi connectivity index (χ1n) is 5.20. The molecule has 16 heavy (non-hydrogen) atoms. The van der Waals surface area contributed by atoms with Gasteiger partial charge in [-0.2, -0.15) is 11.3 Å². The van der Waals surface area contributed by atoms with E-state index in [9.17, 15) is 5.11 Å². The zero-order chi connectivity index (χ0) is 11.4. The van der Waals surface area contributed by atoms with Gasteiger partial charge in [0.2, 0.25) is 0 Å². The molecule has 0 aliphatic heterocycles. The van der Waals surface area contributed by atoms with E-state index in [1.807, 2.05) is 0 Å². The van der Waals surface area contributed by atoms with E-state index in [1.165, 1.54) is 16.0 Å². The van der Waals surface area contributed by atoms with Crippen LogP contribution < -0.4 is 5.32 Å². The number of nitrogens with one attached hydrogen (secondary N) is 1. The average Bonchev–Trinajstić information content (AvgIpc) is 2.92. The Kier molecular flexibility index (Phi) is 4.12. The van der Waals surface area contributed by atoms with Gasteiger partial charge in [0.1, 0.15) is 0 Å². The molecule has 4 heteroatoms. The van der Waals surface area contributed by atoms with Crippen molar-refractivity contribution >= 4 is 22.7 Å². The first kappa shape index (κ1) is 11.8. The van der Waals surface area contributed by atoms with Crippen LogP contribution in [0.3, 0.4) is 0 Å². The maximum atomic E-state index is 9.40. The zero-order valence-corrected chi connectivity index (χ0v) is 10.8. The van der Waals surface area contributed by atoms with Gasteiger partial charge in [-0.15, -0.1) is 11.3 Å². The Hall–Kier alpha value is -0.680. The standard InChI is InChI=1S/C12H15NOS2/c1-9-2-5-16-12(9)11(7-14)13-6-10-3-4-15-8-10/h2-5,8,11,13-14H,6-7H2,1H3. The second kappa shape index (κ2) is 5.59. The van der Waals surface area contributed by atoms with Crippen molar-refractivity contribution in [3.63, 3.8) is 0 Å². The number of aliphatic hydroxyl groups excluding tert-OH is 1. The molecule has 0 saturated heterocycles. The number of aliphatic hydroxyl groups is 1. The molecule has 2 heterocycles. The Morgan fingerprint density at radius 2 is 2.25 bits per heavy atom. The van der Waals surface area contributed by atoms with Crippen LogP contribution in [0.2, 0.25) is 0 Å². The fourth-order valence-electron chi connectivity index (χ4n) is 1.62. The van der Waals surface area contributed by atoms with Gasteiger partial charge in [0.05, 0.1) is 12.6 Å². The topological polar surface area (TPSA) is 32.3 Å². The minimum atomic E-state index is 0.0555. The fraction of sp³-hybridized carbons (Fsp3) is 0.333. The second-order valence-corrected chi connectivity index (χ2v) is 5.44. The van der Waals surface area contributed by atoms with Crippen molar-refractivity contribution < 1.29 is 5.11 Å². The van der Waals surface area contributed by atoms with Gasteiger partial charge in [-0.05, 0) is 46.3 Å². The van der Waals surface area contributed by atoms with Gasteiger partial charge in [0.15, 0.2) is 0 Å². The van der Waals surface area contributed by atoms with E-state index < -0.39 is 0 Å². The van der Waals surface area contributed by atoms with E-state index in [0.717, 1.165) is 6.54 Å². The highest BCUT2D eigenvalue weighted by atomic mass is 32.1. The molecule has 0 aliphatic rings. The first-order valence-corrected chi connectivity index (χ1v) is 7.03. The summed E-state index contributed by atoms with van der Waals surface area (Å²) in [5.41, 5.74) is 2.53. The van der Waals surface area contributed by atoms with E-state index >= 15 is 0 Å². The van der Waals surface area contributed by atoms with Crippen LogP contribution in [0.15, 0.2) is 28.3 Å². The van der Waals surface area contributed by atoms with Crippen molar-refractivity contribution in [2.24, 2.45) is 0 Å². The largest absolute Gasteiger partial charge is 0.394 e. The average molecular weight is 253 g/mol. The lowest BCUT2D eigenvalue weighted by Gasteiger charge is -2.15. The second-order valence-electron chi connectivity index (χ2n) is 3.72. The predicted octanol–water partition coefficient (Wildman–Crippen LogP) is 2.94. The molecule has 2 rings (SSSR count). The summed E-state index contributed by atoms with van der Waals surface area (Å²) < 4.78 is 0.